The quantitative estimate of drug-likeness (QED) is 0.513. The van der Waals surface area contributed by atoms with Gasteiger partial charge in [-0.3, -0.25) is 10.1 Å². The maximum atomic E-state index is 12.9. The lowest BCUT2D eigenvalue weighted by atomic mass is 10.2. The number of rotatable bonds is 5. The highest BCUT2D eigenvalue weighted by atomic mass is 32.2. The number of para-hydroxylation sites is 2. The molecule has 0 aliphatic heterocycles. The van der Waals surface area contributed by atoms with Gasteiger partial charge in [0.05, 0.1) is 16.3 Å². The van der Waals surface area contributed by atoms with Gasteiger partial charge in [0, 0.05) is 0 Å². The van der Waals surface area contributed by atoms with Gasteiger partial charge in [-0.25, -0.2) is 13.2 Å². The molecule has 0 heterocycles. The van der Waals surface area contributed by atoms with Crippen molar-refractivity contribution in [1.82, 2.24) is 5.06 Å². The van der Waals surface area contributed by atoms with Gasteiger partial charge >= 0.3 is 6.03 Å². The lowest BCUT2D eigenvalue weighted by Gasteiger charge is -2.27. The standard InChI is InChI=1S/C21H20N2O4S/c1-17-12-14-20(15-13-17)28(26,27)16-22(25)21(24)23(18-8-4-2-5-9-18)19-10-6-3-7-11-19/h2-15,25H,16H2,1H3. The van der Waals surface area contributed by atoms with E-state index in [9.17, 15) is 18.4 Å². The number of anilines is 2. The number of benzene rings is 3. The Bertz CT molecular complexity index is 997. The van der Waals surface area contributed by atoms with Crippen LogP contribution in [0.25, 0.3) is 0 Å². The minimum absolute atomic E-state index is 0.0379. The van der Waals surface area contributed by atoms with Crippen molar-refractivity contribution in [3.8, 4) is 0 Å². The van der Waals surface area contributed by atoms with Crippen LogP contribution in [0.2, 0.25) is 0 Å². The summed E-state index contributed by atoms with van der Waals surface area (Å²) in [7, 11) is -3.89. The lowest BCUT2D eigenvalue weighted by Crippen LogP contribution is -2.41. The van der Waals surface area contributed by atoms with Gasteiger partial charge in [-0.05, 0) is 43.3 Å². The zero-order valence-corrected chi connectivity index (χ0v) is 16.1. The third-order valence-electron chi connectivity index (χ3n) is 4.11. The van der Waals surface area contributed by atoms with E-state index in [1.165, 1.54) is 17.0 Å². The summed E-state index contributed by atoms with van der Waals surface area (Å²) in [5.41, 5.74) is 1.92. The van der Waals surface area contributed by atoms with Gasteiger partial charge in [0.25, 0.3) is 0 Å². The molecule has 0 spiro atoms. The number of carbonyl (C=O) groups excluding carboxylic acids is 1. The van der Waals surface area contributed by atoms with Crippen molar-refractivity contribution in [3.05, 3.63) is 90.5 Å². The molecule has 1 N–H and O–H groups in total. The monoisotopic (exact) mass is 396 g/mol. The predicted octanol–water partition coefficient (Wildman–Crippen LogP) is 4.38. The number of amides is 2. The second kappa shape index (κ2) is 8.24. The number of urea groups is 1. The number of carbonyl (C=O) groups is 1. The van der Waals surface area contributed by atoms with Gasteiger partial charge in [0.15, 0.2) is 15.7 Å². The van der Waals surface area contributed by atoms with Crippen LogP contribution in [-0.2, 0) is 9.84 Å². The van der Waals surface area contributed by atoms with Gasteiger partial charge in [0.2, 0.25) is 0 Å². The molecule has 0 unspecified atom stereocenters. The SMILES string of the molecule is Cc1ccc(S(=O)(=O)CN(O)C(=O)N(c2ccccc2)c2ccccc2)cc1. The summed E-state index contributed by atoms with van der Waals surface area (Å²) in [5, 5.41) is 10.5. The molecule has 28 heavy (non-hydrogen) atoms. The first-order chi connectivity index (χ1) is 13.4. The van der Waals surface area contributed by atoms with Crippen LogP contribution in [-0.4, -0.2) is 30.6 Å². The molecule has 0 aromatic heterocycles. The van der Waals surface area contributed by atoms with Crippen LogP contribution in [0.3, 0.4) is 0 Å². The molecule has 0 aliphatic rings. The van der Waals surface area contributed by atoms with Gasteiger partial charge in [-0.2, -0.15) is 5.06 Å². The first-order valence-corrected chi connectivity index (χ1v) is 10.2. The highest BCUT2D eigenvalue weighted by Crippen LogP contribution is 2.26. The Morgan fingerprint density at radius 2 is 1.29 bits per heavy atom. The summed E-state index contributed by atoms with van der Waals surface area (Å²) < 4.78 is 25.2. The van der Waals surface area contributed by atoms with Crippen LogP contribution in [0.1, 0.15) is 5.56 Å². The summed E-state index contributed by atoms with van der Waals surface area (Å²) in [6, 6.07) is 22.8. The minimum Gasteiger partial charge on any atom is -0.283 e. The zero-order chi connectivity index (χ0) is 20.1. The Kier molecular flexibility index (Phi) is 5.77. The summed E-state index contributed by atoms with van der Waals surface area (Å²) in [6.45, 7) is 1.84. The average Bonchev–Trinajstić information content (AvgIpc) is 2.70. The molecule has 7 heteroatoms. The van der Waals surface area contributed by atoms with E-state index in [1.54, 1.807) is 72.8 Å². The van der Waals surface area contributed by atoms with Gasteiger partial charge in [-0.1, -0.05) is 54.1 Å². The van der Waals surface area contributed by atoms with Crippen LogP contribution in [0.4, 0.5) is 16.2 Å². The maximum Gasteiger partial charge on any atom is 0.353 e. The van der Waals surface area contributed by atoms with Crippen molar-refractivity contribution < 1.29 is 18.4 Å². The van der Waals surface area contributed by atoms with Crippen molar-refractivity contribution in [2.24, 2.45) is 0 Å². The molecule has 0 saturated heterocycles. The van der Waals surface area contributed by atoms with Gasteiger partial charge < -0.3 is 0 Å². The van der Waals surface area contributed by atoms with E-state index < -0.39 is 21.7 Å². The van der Waals surface area contributed by atoms with E-state index in [0.29, 0.717) is 11.4 Å². The van der Waals surface area contributed by atoms with Crippen LogP contribution in [0, 0.1) is 6.92 Å². The first kappa shape index (κ1) is 19.6. The van der Waals surface area contributed by atoms with Crippen molar-refractivity contribution >= 4 is 27.2 Å². The Labute approximate surface area is 164 Å². The third kappa shape index (κ3) is 4.39. The third-order valence-corrected chi connectivity index (χ3v) is 5.69. The van der Waals surface area contributed by atoms with Crippen molar-refractivity contribution in [1.29, 1.82) is 0 Å². The van der Waals surface area contributed by atoms with E-state index >= 15 is 0 Å². The number of hydrogen-bond donors (Lipinski definition) is 1. The van der Waals surface area contributed by atoms with Crippen molar-refractivity contribution in [3.63, 3.8) is 0 Å². The smallest absolute Gasteiger partial charge is 0.283 e. The lowest BCUT2D eigenvalue weighted by molar-refractivity contribution is -0.0223. The van der Waals surface area contributed by atoms with E-state index in [4.69, 9.17) is 0 Å². The fourth-order valence-corrected chi connectivity index (χ4v) is 3.81. The molecule has 3 aromatic rings. The summed E-state index contributed by atoms with van der Waals surface area (Å²) in [6.07, 6.45) is 0. The average molecular weight is 396 g/mol. The fourth-order valence-electron chi connectivity index (χ4n) is 2.68. The molecule has 0 atom stereocenters. The highest BCUT2D eigenvalue weighted by molar-refractivity contribution is 7.91. The molecule has 2 amide bonds. The van der Waals surface area contributed by atoms with Gasteiger partial charge in [0.1, 0.15) is 0 Å². The molecular formula is C21H20N2O4S. The molecule has 0 radical (unpaired) electrons. The van der Waals surface area contributed by atoms with Crippen LogP contribution in [0.15, 0.2) is 89.8 Å². The number of sulfone groups is 1. The largest absolute Gasteiger partial charge is 0.353 e. The number of nitrogens with zero attached hydrogens (tertiary/aromatic N) is 2. The van der Waals surface area contributed by atoms with Crippen LogP contribution >= 0.6 is 0 Å². The van der Waals surface area contributed by atoms with Crippen molar-refractivity contribution in [2.75, 3.05) is 10.8 Å². The summed E-state index contributed by atoms with van der Waals surface area (Å²) in [5.74, 6) is -0.856. The fraction of sp³-hybridized carbons (Fsp3) is 0.0952. The van der Waals surface area contributed by atoms with E-state index in [0.717, 1.165) is 5.56 Å². The zero-order valence-electron chi connectivity index (χ0n) is 15.3. The second-order valence-corrected chi connectivity index (χ2v) is 8.20. The Hall–Kier alpha value is -3.16. The number of hydrogen-bond acceptors (Lipinski definition) is 4. The first-order valence-electron chi connectivity index (χ1n) is 8.58. The molecule has 0 fully saturated rings. The Morgan fingerprint density at radius 3 is 1.75 bits per heavy atom. The maximum absolute atomic E-state index is 12.9. The van der Waals surface area contributed by atoms with Crippen LogP contribution in [0.5, 0.6) is 0 Å². The predicted molar refractivity (Wildman–Crippen MR) is 107 cm³/mol. The van der Waals surface area contributed by atoms with E-state index in [-0.39, 0.29) is 9.96 Å². The molecule has 6 nitrogen and oxygen atoms in total. The molecule has 0 saturated carbocycles. The molecule has 3 rings (SSSR count). The summed E-state index contributed by atoms with van der Waals surface area (Å²) in [4.78, 5) is 14.2. The summed E-state index contributed by atoms with van der Waals surface area (Å²) >= 11 is 0. The Balaban J connectivity index is 1.89. The second-order valence-electron chi connectivity index (χ2n) is 6.25. The van der Waals surface area contributed by atoms with Gasteiger partial charge in [-0.15, -0.1) is 0 Å². The van der Waals surface area contributed by atoms with E-state index in [1.807, 2.05) is 6.92 Å². The van der Waals surface area contributed by atoms with Crippen molar-refractivity contribution in [2.45, 2.75) is 11.8 Å². The normalized spacial score (nSPS) is 11.1. The number of hydroxylamine groups is 2. The molecular weight excluding hydrogens is 376 g/mol. The minimum atomic E-state index is -3.89. The molecule has 0 bridgehead atoms. The van der Waals surface area contributed by atoms with E-state index in [2.05, 4.69) is 0 Å². The molecule has 0 aliphatic carbocycles. The highest BCUT2D eigenvalue weighted by Gasteiger charge is 2.27. The topological polar surface area (TPSA) is 77.9 Å². The van der Waals surface area contributed by atoms with Crippen LogP contribution < -0.4 is 4.90 Å². The Morgan fingerprint density at radius 1 is 0.821 bits per heavy atom. The molecule has 144 valence electrons. The number of aryl methyl sites for hydroxylation is 1. The molecule has 3 aromatic carbocycles.